The number of pyridine rings is 1. The van der Waals surface area contributed by atoms with Crippen LogP contribution in [-0.4, -0.2) is 44.9 Å². The Bertz CT molecular complexity index is 628. The van der Waals surface area contributed by atoms with Crippen molar-refractivity contribution in [3.63, 3.8) is 0 Å². The molecule has 7 heteroatoms. The first-order valence-electron chi connectivity index (χ1n) is 6.48. The van der Waals surface area contributed by atoms with Gasteiger partial charge in [0, 0.05) is 37.3 Å². The van der Waals surface area contributed by atoms with Gasteiger partial charge in [-0.2, -0.15) is 0 Å². The maximum atomic E-state index is 12.4. The highest BCUT2D eigenvalue weighted by Gasteiger charge is 2.17. The number of carbonyl (C=O) groups excluding carboxylic acids is 1. The van der Waals surface area contributed by atoms with Crippen LogP contribution in [0.1, 0.15) is 32.8 Å². The molecule has 1 N–H and O–H groups in total. The Labute approximate surface area is 126 Å². The molecule has 2 aromatic heterocycles. The van der Waals surface area contributed by atoms with Gasteiger partial charge in [-0.3, -0.25) is 9.78 Å². The average Bonchev–Trinajstić information content (AvgIpc) is 3.01. The number of rotatable bonds is 6. The summed E-state index contributed by atoms with van der Waals surface area (Å²) in [4.78, 5) is 33.1. The van der Waals surface area contributed by atoms with Crippen LogP contribution in [0.5, 0.6) is 0 Å². The smallest absolute Gasteiger partial charge is 0.335 e. The van der Waals surface area contributed by atoms with E-state index in [0.717, 1.165) is 5.01 Å². The Morgan fingerprint density at radius 1 is 1.33 bits per heavy atom. The van der Waals surface area contributed by atoms with Crippen molar-refractivity contribution in [2.45, 2.75) is 13.3 Å². The lowest BCUT2D eigenvalue weighted by Gasteiger charge is -2.19. The van der Waals surface area contributed by atoms with Gasteiger partial charge in [-0.05, 0) is 19.1 Å². The zero-order chi connectivity index (χ0) is 15.2. The second-order valence-electron chi connectivity index (χ2n) is 4.30. The van der Waals surface area contributed by atoms with Crippen LogP contribution in [0.2, 0.25) is 0 Å². The number of amides is 1. The van der Waals surface area contributed by atoms with Crippen molar-refractivity contribution in [1.82, 2.24) is 14.9 Å². The number of thiazole rings is 1. The Morgan fingerprint density at radius 3 is 2.76 bits per heavy atom. The number of hydrogen-bond acceptors (Lipinski definition) is 5. The summed E-state index contributed by atoms with van der Waals surface area (Å²) in [5, 5.41) is 11.8. The molecule has 0 aliphatic heterocycles. The summed E-state index contributed by atoms with van der Waals surface area (Å²) in [5.74, 6) is -1.34. The Morgan fingerprint density at radius 2 is 2.14 bits per heavy atom. The summed E-state index contributed by atoms with van der Waals surface area (Å²) in [5.41, 5.74) is 0.209. The number of aromatic carboxylic acids is 1. The summed E-state index contributed by atoms with van der Waals surface area (Å²) in [7, 11) is 0. The average molecular weight is 305 g/mol. The van der Waals surface area contributed by atoms with Gasteiger partial charge in [0.05, 0.1) is 10.6 Å². The quantitative estimate of drug-likeness (QED) is 0.881. The molecule has 0 radical (unpaired) electrons. The van der Waals surface area contributed by atoms with E-state index in [4.69, 9.17) is 5.11 Å². The van der Waals surface area contributed by atoms with Crippen LogP contribution in [0.25, 0.3) is 0 Å². The third-order valence-corrected chi connectivity index (χ3v) is 3.81. The van der Waals surface area contributed by atoms with E-state index < -0.39 is 5.97 Å². The largest absolute Gasteiger partial charge is 0.478 e. The van der Waals surface area contributed by atoms with Crippen LogP contribution >= 0.6 is 11.3 Å². The van der Waals surface area contributed by atoms with E-state index in [9.17, 15) is 9.59 Å². The van der Waals surface area contributed by atoms with Crippen LogP contribution < -0.4 is 0 Å². The van der Waals surface area contributed by atoms with Gasteiger partial charge in [0.25, 0.3) is 5.91 Å². The SMILES string of the molecule is CCN(CCc1nccs1)C(=O)c1cc(C(=O)O)ccn1. The number of nitrogens with zero attached hydrogens (tertiary/aromatic N) is 3. The summed E-state index contributed by atoms with van der Waals surface area (Å²) in [6.45, 7) is 2.94. The summed E-state index contributed by atoms with van der Waals surface area (Å²) in [6.07, 6.45) is 3.75. The molecule has 21 heavy (non-hydrogen) atoms. The number of hydrogen-bond donors (Lipinski definition) is 1. The van der Waals surface area contributed by atoms with E-state index in [2.05, 4.69) is 9.97 Å². The first-order chi connectivity index (χ1) is 10.1. The fourth-order valence-electron chi connectivity index (χ4n) is 1.85. The Balaban J connectivity index is 2.08. The van der Waals surface area contributed by atoms with E-state index in [1.807, 2.05) is 12.3 Å². The molecular weight excluding hydrogens is 290 g/mol. The van der Waals surface area contributed by atoms with Crippen molar-refractivity contribution < 1.29 is 14.7 Å². The van der Waals surface area contributed by atoms with Crippen LogP contribution in [0, 0.1) is 0 Å². The Kier molecular flexibility index (Phi) is 4.99. The van der Waals surface area contributed by atoms with E-state index in [0.29, 0.717) is 19.5 Å². The minimum Gasteiger partial charge on any atom is -0.478 e. The van der Waals surface area contributed by atoms with Crippen molar-refractivity contribution in [3.8, 4) is 0 Å². The van der Waals surface area contributed by atoms with Crippen molar-refractivity contribution >= 4 is 23.2 Å². The van der Waals surface area contributed by atoms with Gasteiger partial charge in [-0.25, -0.2) is 9.78 Å². The van der Waals surface area contributed by atoms with Gasteiger partial charge in [-0.1, -0.05) is 0 Å². The zero-order valence-corrected chi connectivity index (χ0v) is 12.3. The third kappa shape index (κ3) is 3.85. The lowest BCUT2D eigenvalue weighted by molar-refractivity contribution is 0.0696. The highest BCUT2D eigenvalue weighted by Crippen LogP contribution is 2.09. The predicted molar refractivity (Wildman–Crippen MR) is 78.6 cm³/mol. The highest BCUT2D eigenvalue weighted by atomic mass is 32.1. The summed E-state index contributed by atoms with van der Waals surface area (Å²) < 4.78 is 0. The lowest BCUT2D eigenvalue weighted by atomic mass is 10.2. The highest BCUT2D eigenvalue weighted by molar-refractivity contribution is 7.09. The third-order valence-electron chi connectivity index (χ3n) is 2.97. The molecule has 0 bridgehead atoms. The molecule has 0 saturated carbocycles. The predicted octanol–water partition coefficient (Wildman–Crippen LogP) is 1.94. The first kappa shape index (κ1) is 15.1. The molecule has 6 nitrogen and oxygen atoms in total. The Hall–Kier alpha value is -2.28. The second kappa shape index (κ2) is 6.94. The molecule has 0 aliphatic rings. The molecular formula is C14H15N3O3S. The molecule has 0 spiro atoms. The number of carbonyl (C=O) groups is 2. The molecule has 0 fully saturated rings. The van der Waals surface area contributed by atoms with Crippen molar-refractivity contribution in [2.24, 2.45) is 0 Å². The van der Waals surface area contributed by atoms with Gasteiger partial charge in [0.15, 0.2) is 0 Å². The van der Waals surface area contributed by atoms with Gasteiger partial charge >= 0.3 is 5.97 Å². The molecule has 0 aliphatic carbocycles. The maximum Gasteiger partial charge on any atom is 0.335 e. The minimum atomic E-state index is -1.07. The van der Waals surface area contributed by atoms with E-state index >= 15 is 0 Å². The first-order valence-corrected chi connectivity index (χ1v) is 7.36. The minimum absolute atomic E-state index is 0.0596. The molecule has 0 atom stereocenters. The zero-order valence-electron chi connectivity index (χ0n) is 11.5. The fourth-order valence-corrected chi connectivity index (χ4v) is 2.46. The lowest BCUT2D eigenvalue weighted by Crippen LogP contribution is -2.33. The number of carboxylic acids is 1. The van der Waals surface area contributed by atoms with Gasteiger partial charge in [0.1, 0.15) is 5.69 Å². The molecule has 2 heterocycles. The normalized spacial score (nSPS) is 10.3. The standard InChI is InChI=1S/C14H15N3O3S/c1-2-17(7-4-12-16-6-8-21-12)13(18)11-9-10(14(19)20)3-5-15-11/h3,5-6,8-9H,2,4,7H2,1H3,(H,19,20). The van der Waals surface area contributed by atoms with Crippen molar-refractivity contribution in [1.29, 1.82) is 0 Å². The van der Waals surface area contributed by atoms with Crippen LogP contribution in [0.15, 0.2) is 29.9 Å². The monoisotopic (exact) mass is 305 g/mol. The van der Waals surface area contributed by atoms with Crippen LogP contribution in [0.4, 0.5) is 0 Å². The number of aromatic nitrogens is 2. The second-order valence-corrected chi connectivity index (χ2v) is 5.27. The summed E-state index contributed by atoms with van der Waals surface area (Å²) in [6, 6.07) is 2.67. The maximum absolute atomic E-state index is 12.4. The molecule has 0 unspecified atom stereocenters. The molecule has 110 valence electrons. The molecule has 2 aromatic rings. The number of likely N-dealkylation sites (N-methyl/N-ethyl adjacent to an activating group) is 1. The van der Waals surface area contributed by atoms with Crippen LogP contribution in [-0.2, 0) is 6.42 Å². The van der Waals surface area contributed by atoms with Gasteiger partial charge < -0.3 is 10.0 Å². The molecule has 2 rings (SSSR count). The van der Waals surface area contributed by atoms with Gasteiger partial charge in [0.2, 0.25) is 0 Å². The fraction of sp³-hybridized carbons (Fsp3) is 0.286. The van der Waals surface area contributed by atoms with Crippen molar-refractivity contribution in [2.75, 3.05) is 13.1 Å². The molecule has 0 saturated heterocycles. The van der Waals surface area contributed by atoms with Gasteiger partial charge in [-0.15, -0.1) is 11.3 Å². The van der Waals surface area contributed by atoms with Crippen LogP contribution in [0.3, 0.4) is 0 Å². The topological polar surface area (TPSA) is 83.4 Å². The summed E-state index contributed by atoms with van der Waals surface area (Å²) >= 11 is 1.55. The molecule has 1 amide bonds. The van der Waals surface area contributed by atoms with E-state index in [-0.39, 0.29) is 17.2 Å². The van der Waals surface area contributed by atoms with E-state index in [1.165, 1.54) is 18.3 Å². The van der Waals surface area contributed by atoms with Crippen molar-refractivity contribution in [3.05, 3.63) is 46.2 Å². The molecule has 0 aromatic carbocycles. The van der Waals surface area contributed by atoms with E-state index in [1.54, 1.807) is 22.4 Å². The number of carboxylic acid groups (broad SMARTS) is 1.